The van der Waals surface area contributed by atoms with Crippen molar-refractivity contribution in [1.29, 1.82) is 0 Å². The van der Waals surface area contributed by atoms with E-state index in [4.69, 9.17) is 4.98 Å². The Labute approximate surface area is 203 Å². The van der Waals surface area contributed by atoms with E-state index in [0.717, 1.165) is 55.9 Å². The van der Waals surface area contributed by atoms with E-state index in [9.17, 15) is 4.79 Å². The molecule has 1 amide bonds. The minimum absolute atomic E-state index is 0.0558. The summed E-state index contributed by atoms with van der Waals surface area (Å²) in [6.07, 6.45) is 3.80. The predicted molar refractivity (Wildman–Crippen MR) is 134 cm³/mol. The lowest BCUT2D eigenvalue weighted by Crippen LogP contribution is -2.42. The molecule has 1 unspecified atom stereocenters. The second-order valence-electron chi connectivity index (χ2n) is 9.61. The molecule has 1 atom stereocenters. The molecule has 6 rings (SSSR count). The standard InChI is InChI=1S/C26H28N8O/c1-16-9-17(2)11-20(10-16)28-26-27-13-19-14-33(8-6-22(19)29-26)21-5-7-34(15-21)25(35)18-3-4-23-24(12-18)31-32-30-23/h3-4,9-13,21H,5-8,14-15H2,1-2H3,(H,27,28,29)(H,30,31,32). The molecular weight excluding hydrogens is 440 g/mol. The predicted octanol–water partition coefficient (Wildman–Crippen LogP) is 3.38. The van der Waals surface area contributed by atoms with Crippen LogP contribution in [0.25, 0.3) is 11.0 Å². The van der Waals surface area contributed by atoms with E-state index in [1.54, 1.807) is 0 Å². The summed E-state index contributed by atoms with van der Waals surface area (Å²) in [6.45, 7) is 7.43. The largest absolute Gasteiger partial charge is 0.337 e. The van der Waals surface area contributed by atoms with Gasteiger partial charge in [-0.15, -0.1) is 0 Å². The number of amides is 1. The normalized spacial score (nSPS) is 18.1. The summed E-state index contributed by atoms with van der Waals surface area (Å²) in [4.78, 5) is 26.9. The Morgan fingerprint density at radius 2 is 1.89 bits per heavy atom. The maximum atomic E-state index is 13.1. The van der Waals surface area contributed by atoms with Crippen LogP contribution in [0, 0.1) is 13.8 Å². The minimum Gasteiger partial charge on any atom is -0.337 e. The van der Waals surface area contributed by atoms with Crippen molar-refractivity contribution in [3.63, 3.8) is 0 Å². The lowest BCUT2D eigenvalue weighted by Gasteiger charge is -2.33. The number of carbonyl (C=O) groups excluding carboxylic acids is 1. The number of nitrogens with one attached hydrogen (secondary N) is 2. The molecule has 0 spiro atoms. The molecule has 2 N–H and O–H groups in total. The van der Waals surface area contributed by atoms with E-state index in [-0.39, 0.29) is 5.91 Å². The smallest absolute Gasteiger partial charge is 0.253 e. The van der Waals surface area contributed by atoms with Crippen molar-refractivity contribution in [2.75, 3.05) is 25.0 Å². The molecule has 2 aromatic carbocycles. The van der Waals surface area contributed by atoms with Crippen LogP contribution < -0.4 is 5.32 Å². The third-order valence-electron chi connectivity index (χ3n) is 6.97. The van der Waals surface area contributed by atoms with Gasteiger partial charge in [-0.2, -0.15) is 15.4 Å². The lowest BCUT2D eigenvalue weighted by molar-refractivity contribution is 0.0773. The van der Waals surface area contributed by atoms with E-state index in [2.05, 4.69) is 62.7 Å². The molecular formula is C26H28N8O. The summed E-state index contributed by atoms with van der Waals surface area (Å²) in [7, 11) is 0. The number of anilines is 2. The summed E-state index contributed by atoms with van der Waals surface area (Å²) < 4.78 is 0. The van der Waals surface area contributed by atoms with E-state index in [1.807, 2.05) is 29.3 Å². The highest BCUT2D eigenvalue weighted by atomic mass is 16.2. The number of benzene rings is 2. The van der Waals surface area contributed by atoms with Crippen molar-refractivity contribution >= 4 is 28.6 Å². The van der Waals surface area contributed by atoms with E-state index >= 15 is 0 Å². The number of carbonyl (C=O) groups is 1. The van der Waals surface area contributed by atoms with Crippen LogP contribution >= 0.6 is 0 Å². The first kappa shape index (κ1) is 21.7. The zero-order chi connectivity index (χ0) is 23.9. The van der Waals surface area contributed by atoms with Gasteiger partial charge in [0.2, 0.25) is 5.95 Å². The zero-order valence-electron chi connectivity index (χ0n) is 20.0. The van der Waals surface area contributed by atoms with Gasteiger partial charge in [-0.05, 0) is 61.7 Å². The van der Waals surface area contributed by atoms with Gasteiger partial charge >= 0.3 is 0 Å². The van der Waals surface area contributed by atoms with Crippen molar-refractivity contribution < 1.29 is 4.79 Å². The Bertz CT molecular complexity index is 1390. The first-order valence-electron chi connectivity index (χ1n) is 12.1. The first-order chi connectivity index (χ1) is 17.0. The summed E-state index contributed by atoms with van der Waals surface area (Å²) in [6, 6.07) is 12.2. The maximum absolute atomic E-state index is 13.1. The van der Waals surface area contributed by atoms with Gasteiger partial charge in [0.25, 0.3) is 5.91 Å². The Hall–Kier alpha value is -3.85. The lowest BCUT2D eigenvalue weighted by atomic mass is 10.0. The number of aromatic amines is 1. The van der Waals surface area contributed by atoms with Crippen LogP contribution in [-0.2, 0) is 13.0 Å². The molecule has 0 bridgehead atoms. The van der Waals surface area contributed by atoms with Crippen molar-refractivity contribution in [2.45, 2.75) is 39.3 Å². The molecule has 2 aromatic heterocycles. The van der Waals surface area contributed by atoms with Crippen molar-refractivity contribution in [1.82, 2.24) is 35.2 Å². The molecule has 2 aliphatic rings. The van der Waals surface area contributed by atoms with Crippen molar-refractivity contribution in [2.24, 2.45) is 0 Å². The van der Waals surface area contributed by atoms with Gasteiger partial charge in [0, 0.05) is 61.7 Å². The first-order valence-corrected chi connectivity index (χ1v) is 12.1. The van der Waals surface area contributed by atoms with Gasteiger partial charge in [-0.3, -0.25) is 9.69 Å². The Balaban J connectivity index is 1.11. The molecule has 9 nitrogen and oxygen atoms in total. The van der Waals surface area contributed by atoms with Crippen LogP contribution in [-0.4, -0.2) is 66.8 Å². The number of nitrogens with zero attached hydrogens (tertiary/aromatic N) is 6. The molecule has 178 valence electrons. The third kappa shape index (κ3) is 4.35. The van der Waals surface area contributed by atoms with Crippen LogP contribution in [0.5, 0.6) is 0 Å². The highest BCUT2D eigenvalue weighted by Gasteiger charge is 2.33. The summed E-state index contributed by atoms with van der Waals surface area (Å²) in [5.41, 5.74) is 7.85. The molecule has 1 fully saturated rings. The van der Waals surface area contributed by atoms with Crippen LogP contribution in [0.3, 0.4) is 0 Å². The highest BCUT2D eigenvalue weighted by molar-refractivity contribution is 5.97. The van der Waals surface area contributed by atoms with Gasteiger partial charge in [0.15, 0.2) is 0 Å². The molecule has 0 radical (unpaired) electrons. The van der Waals surface area contributed by atoms with Gasteiger partial charge < -0.3 is 10.2 Å². The average Bonchev–Trinajstić information content (AvgIpc) is 3.52. The van der Waals surface area contributed by atoms with Crippen LogP contribution in [0.1, 0.15) is 39.2 Å². The topological polar surface area (TPSA) is 103 Å². The highest BCUT2D eigenvalue weighted by Crippen LogP contribution is 2.26. The van der Waals surface area contributed by atoms with Crippen LogP contribution in [0.15, 0.2) is 42.6 Å². The average molecular weight is 469 g/mol. The fraction of sp³-hybridized carbons (Fsp3) is 0.346. The number of likely N-dealkylation sites (tertiary alicyclic amines) is 1. The van der Waals surface area contributed by atoms with Crippen LogP contribution in [0.4, 0.5) is 11.6 Å². The fourth-order valence-corrected chi connectivity index (χ4v) is 5.27. The number of hydrogen-bond donors (Lipinski definition) is 2. The Kier molecular flexibility index (Phi) is 5.41. The molecule has 0 aliphatic carbocycles. The summed E-state index contributed by atoms with van der Waals surface area (Å²) in [5.74, 6) is 0.698. The van der Waals surface area contributed by atoms with Crippen molar-refractivity contribution in [3.8, 4) is 0 Å². The van der Waals surface area contributed by atoms with Gasteiger partial charge in [-0.1, -0.05) is 6.07 Å². The molecule has 4 heterocycles. The number of H-pyrrole nitrogens is 1. The minimum atomic E-state index is 0.0558. The monoisotopic (exact) mass is 468 g/mol. The SMILES string of the molecule is Cc1cc(C)cc(Nc2ncc3c(n2)CCN(C2CCN(C(=O)c4ccc5n[nH]nc5c4)C2)C3)c1. The number of rotatable bonds is 4. The number of fused-ring (bicyclic) bond motifs is 2. The molecule has 35 heavy (non-hydrogen) atoms. The number of aryl methyl sites for hydroxylation is 2. The summed E-state index contributed by atoms with van der Waals surface area (Å²) in [5, 5.41) is 14.1. The number of aromatic nitrogens is 5. The molecule has 0 saturated carbocycles. The molecule has 1 saturated heterocycles. The Morgan fingerprint density at radius 3 is 2.74 bits per heavy atom. The van der Waals surface area contributed by atoms with E-state index in [1.165, 1.54) is 16.7 Å². The quantitative estimate of drug-likeness (QED) is 0.473. The van der Waals surface area contributed by atoms with Gasteiger partial charge in [0.1, 0.15) is 11.0 Å². The third-order valence-corrected chi connectivity index (χ3v) is 6.97. The van der Waals surface area contributed by atoms with Crippen molar-refractivity contribution in [3.05, 3.63) is 70.5 Å². The molecule has 9 heteroatoms. The van der Waals surface area contributed by atoms with Gasteiger partial charge in [0.05, 0.1) is 5.69 Å². The second-order valence-corrected chi connectivity index (χ2v) is 9.61. The second kappa shape index (κ2) is 8.74. The Morgan fingerprint density at radius 1 is 1.06 bits per heavy atom. The summed E-state index contributed by atoms with van der Waals surface area (Å²) >= 11 is 0. The molecule has 2 aliphatic heterocycles. The zero-order valence-corrected chi connectivity index (χ0v) is 20.0. The molecule has 4 aromatic rings. The van der Waals surface area contributed by atoms with E-state index < -0.39 is 0 Å². The number of hydrogen-bond acceptors (Lipinski definition) is 7. The van der Waals surface area contributed by atoms with Gasteiger partial charge in [-0.25, -0.2) is 9.97 Å². The fourth-order valence-electron chi connectivity index (χ4n) is 5.27. The maximum Gasteiger partial charge on any atom is 0.253 e. The van der Waals surface area contributed by atoms with E-state index in [0.29, 0.717) is 23.1 Å². The van der Waals surface area contributed by atoms with Crippen LogP contribution in [0.2, 0.25) is 0 Å².